The Kier molecular flexibility index (Phi) is 46.9. The molecule has 0 aliphatic heterocycles. The third-order valence-corrected chi connectivity index (χ3v) is 1.64. The van der Waals surface area contributed by atoms with Gasteiger partial charge in [-0.1, -0.05) is 0 Å². The summed E-state index contributed by atoms with van der Waals surface area (Å²) in [6.07, 6.45) is 0. The van der Waals surface area contributed by atoms with Gasteiger partial charge >= 0.3 is 75.4 Å². The molecule has 0 saturated heterocycles. The van der Waals surface area contributed by atoms with Gasteiger partial charge in [0.2, 0.25) is 0 Å². The van der Waals surface area contributed by atoms with Gasteiger partial charge in [0.1, 0.15) is 0 Å². The predicted octanol–water partition coefficient (Wildman–Crippen LogP) is -12.2. The van der Waals surface area contributed by atoms with E-state index in [9.17, 15) is 0 Å². The largest absolute Gasteiger partial charge is 1.00 e. The van der Waals surface area contributed by atoms with Gasteiger partial charge in [0, 0.05) is 0 Å². The molecule has 0 N–H and O–H groups in total. The average molecular weight is 208 g/mol. The standard InChI is InChI=1S/C2H4N2S4.4Li/c5-1(3-7)2(6)4-8;;;;/h7-8H,(H,3,5)(H,4,6);;;;/q;4*+1/p-4. The Morgan fingerprint density at radius 3 is 0.917 bits per heavy atom. The predicted molar refractivity (Wildman–Crippen MR) is 44.3 cm³/mol. The quantitative estimate of drug-likeness (QED) is 0.185. The Balaban J connectivity index is -0.0000000408. The Morgan fingerprint density at radius 2 is 0.833 bits per heavy atom. The van der Waals surface area contributed by atoms with Crippen molar-refractivity contribution in [2.45, 2.75) is 0 Å². The van der Waals surface area contributed by atoms with Gasteiger partial charge in [-0.2, -0.15) is 0 Å². The van der Waals surface area contributed by atoms with Crippen molar-refractivity contribution in [1.82, 2.24) is 0 Å². The van der Waals surface area contributed by atoms with Crippen LogP contribution in [0.4, 0.5) is 0 Å². The van der Waals surface area contributed by atoms with E-state index in [-0.39, 0.29) is 85.5 Å². The summed E-state index contributed by atoms with van der Waals surface area (Å²) in [5.74, 6) is 0. The molecule has 0 saturated carbocycles. The molecule has 0 unspecified atom stereocenters. The topological polar surface area (TPSA) is 24.7 Å². The van der Waals surface area contributed by atoms with Crippen LogP contribution in [0, 0.1) is 0 Å². The molecule has 0 heterocycles. The fourth-order valence-corrected chi connectivity index (χ4v) is 0.458. The third kappa shape index (κ3) is 15.1. The molecule has 2 nitrogen and oxygen atoms in total. The van der Waals surface area contributed by atoms with Crippen LogP contribution in [0.5, 0.6) is 0 Å². The first-order chi connectivity index (χ1) is 3.72. The van der Waals surface area contributed by atoms with Gasteiger partial charge in [0.05, 0.1) is 0 Å². The fraction of sp³-hybridized carbons (Fsp3) is 0. The molecule has 0 amide bonds. The fourth-order valence-electron chi connectivity index (χ4n) is 0.0781. The van der Waals surface area contributed by atoms with Gasteiger partial charge in [0.25, 0.3) is 0 Å². The van der Waals surface area contributed by atoms with Crippen molar-refractivity contribution in [2.24, 2.45) is 8.80 Å². The average Bonchev–Trinajstić information content (AvgIpc) is 1.84. The number of hydrogen-bond donors (Lipinski definition) is 0. The van der Waals surface area contributed by atoms with Crippen molar-refractivity contribution in [1.29, 1.82) is 0 Å². The van der Waals surface area contributed by atoms with Crippen LogP contribution in [-0.4, -0.2) is 10.1 Å². The molecule has 0 fully saturated rings. The molecular formula is C2Li4N2S4. The van der Waals surface area contributed by atoms with Crippen LogP contribution in [0.2, 0.25) is 0 Å². The third-order valence-electron chi connectivity index (χ3n) is 0.349. The van der Waals surface area contributed by atoms with E-state index in [0.717, 1.165) is 0 Å². The maximum atomic E-state index is 4.50. The molecule has 0 bridgehead atoms. The van der Waals surface area contributed by atoms with Gasteiger partial charge in [-0.15, -0.1) is 10.1 Å². The van der Waals surface area contributed by atoms with Crippen molar-refractivity contribution in [3.8, 4) is 0 Å². The van der Waals surface area contributed by atoms with Gasteiger partial charge in [0.15, 0.2) is 0 Å². The molecule has 0 aromatic rings. The van der Waals surface area contributed by atoms with E-state index in [1.807, 2.05) is 0 Å². The summed E-state index contributed by atoms with van der Waals surface area (Å²) in [5.41, 5.74) is 0. The Labute approximate surface area is 143 Å². The van der Waals surface area contributed by atoms with E-state index in [1.165, 1.54) is 0 Å². The molecule has 0 radical (unpaired) electrons. The van der Waals surface area contributed by atoms with Crippen LogP contribution in [0.3, 0.4) is 0 Å². The summed E-state index contributed by atoms with van der Waals surface area (Å²) in [6.45, 7) is 0. The maximum absolute atomic E-state index is 4.50. The second-order valence-electron chi connectivity index (χ2n) is 0.793. The molecule has 12 heavy (non-hydrogen) atoms. The van der Waals surface area contributed by atoms with E-state index in [0.29, 0.717) is 0 Å². The van der Waals surface area contributed by atoms with Crippen molar-refractivity contribution < 1.29 is 75.4 Å². The first kappa shape index (κ1) is 29.3. The summed E-state index contributed by atoms with van der Waals surface area (Å²) in [6, 6.07) is 0. The van der Waals surface area contributed by atoms with Crippen LogP contribution in [-0.2, 0) is 50.9 Å². The normalized spacial score (nSPS) is 9.33. The second kappa shape index (κ2) is 19.2. The molecular weight excluding hydrogens is 208 g/mol. The van der Waals surface area contributed by atoms with Gasteiger partial charge < -0.3 is 59.7 Å². The maximum Gasteiger partial charge on any atom is 1.00 e. The minimum atomic E-state index is 0. The van der Waals surface area contributed by atoms with E-state index in [4.69, 9.17) is 0 Å². The number of rotatable bonds is 1. The Morgan fingerprint density at radius 1 is 0.667 bits per heavy atom. The molecule has 0 rings (SSSR count). The molecule has 46 valence electrons. The second-order valence-corrected chi connectivity index (χ2v) is 1.93. The van der Waals surface area contributed by atoms with Crippen molar-refractivity contribution in [3.63, 3.8) is 0 Å². The molecule has 0 atom stereocenters. The Bertz CT molecular complexity index is 123. The molecule has 0 aromatic carbocycles. The van der Waals surface area contributed by atoms with Crippen LogP contribution < -0.4 is 75.4 Å². The minimum Gasteiger partial charge on any atom is -0.763 e. The van der Waals surface area contributed by atoms with Crippen molar-refractivity contribution in [2.75, 3.05) is 0 Å². The first-order valence-electron chi connectivity index (χ1n) is 1.47. The molecule has 10 heteroatoms. The van der Waals surface area contributed by atoms with Crippen LogP contribution >= 0.6 is 0 Å². The molecule has 0 aliphatic rings. The zero-order valence-corrected chi connectivity index (χ0v) is 10.8. The van der Waals surface area contributed by atoms with E-state index in [1.54, 1.807) is 0 Å². The summed E-state index contributed by atoms with van der Waals surface area (Å²) >= 11 is 17.4. The number of nitrogens with zero attached hydrogens (tertiary/aromatic N) is 2. The van der Waals surface area contributed by atoms with E-state index >= 15 is 0 Å². The zero-order valence-electron chi connectivity index (χ0n) is 7.53. The monoisotopic (exact) mass is 208 g/mol. The zero-order chi connectivity index (χ0) is 6.57. The van der Waals surface area contributed by atoms with Gasteiger partial charge in [-0.05, 0) is 0 Å². The van der Waals surface area contributed by atoms with Crippen molar-refractivity contribution in [3.05, 3.63) is 0 Å². The van der Waals surface area contributed by atoms with E-state index in [2.05, 4.69) is 59.7 Å². The summed E-state index contributed by atoms with van der Waals surface area (Å²) in [5, 5.41) is 0.231. The van der Waals surface area contributed by atoms with Gasteiger partial charge in [-0.25, -0.2) is 0 Å². The van der Waals surface area contributed by atoms with Crippen LogP contribution in [0.15, 0.2) is 8.80 Å². The molecule has 0 spiro atoms. The van der Waals surface area contributed by atoms with Crippen LogP contribution in [0.25, 0.3) is 0 Å². The SMILES string of the molecule is [Li+].[Li+].[Li+].[Li+].[S-]/N=C([S-])/C([S-])=N/[S-]. The number of hydrogen-bond acceptors (Lipinski definition) is 6. The minimum absolute atomic E-state index is 0. The van der Waals surface area contributed by atoms with E-state index < -0.39 is 0 Å². The summed E-state index contributed by atoms with van der Waals surface area (Å²) < 4.78 is 6.34. The Hall–Kier alpha value is 2.61. The first-order valence-corrected chi connectivity index (χ1v) is 3.02. The van der Waals surface area contributed by atoms with Gasteiger partial charge in [-0.3, -0.25) is 0 Å². The molecule has 0 aromatic heterocycles. The van der Waals surface area contributed by atoms with Crippen LogP contribution in [0.1, 0.15) is 0 Å². The van der Waals surface area contributed by atoms with Crippen molar-refractivity contribution >= 4 is 61.0 Å². The smallest absolute Gasteiger partial charge is 0.763 e. The summed E-state index contributed by atoms with van der Waals surface area (Å²) in [7, 11) is 0. The molecule has 0 aliphatic carbocycles. The summed E-state index contributed by atoms with van der Waals surface area (Å²) in [4.78, 5) is 0.